The molecule has 0 spiro atoms. The zero-order valence-corrected chi connectivity index (χ0v) is 16.4. The minimum Gasteiger partial charge on any atom is -0.447 e. The molecule has 2 aromatic carbocycles. The van der Waals surface area contributed by atoms with Crippen LogP contribution < -0.4 is 0 Å². The molecule has 142 valence electrons. The number of carbonyl (C=O) groups is 2. The van der Waals surface area contributed by atoms with Crippen molar-refractivity contribution in [1.82, 2.24) is 4.90 Å². The summed E-state index contributed by atoms with van der Waals surface area (Å²) < 4.78 is 5.78. The molecule has 0 N–H and O–H groups in total. The maximum Gasteiger partial charge on any atom is 0.332 e. The van der Waals surface area contributed by atoms with E-state index in [0.717, 1.165) is 11.1 Å². The molecule has 0 aromatic heterocycles. The monoisotopic (exact) mass is 365 g/mol. The van der Waals surface area contributed by atoms with Crippen molar-refractivity contribution < 1.29 is 14.3 Å². The van der Waals surface area contributed by atoms with Gasteiger partial charge in [-0.15, -0.1) is 0 Å². The van der Waals surface area contributed by atoms with Gasteiger partial charge in [-0.2, -0.15) is 0 Å². The molecular weight excluding hydrogens is 338 g/mol. The number of nitrogens with zero attached hydrogens (tertiary/aromatic N) is 1. The zero-order chi connectivity index (χ0) is 19.7. The lowest BCUT2D eigenvalue weighted by Crippen LogP contribution is -2.68. The lowest BCUT2D eigenvalue weighted by molar-refractivity contribution is -0.204. The number of hydrogen-bond acceptors (Lipinski definition) is 3. The number of hydrogen-bond donors (Lipinski definition) is 0. The SMILES string of the molecule is CC[C@@]1(C)C(=O)O[C@@](C)(Cc2ccccc2)C(=O)N1[C@@H](C)c1ccccc1. The zero-order valence-electron chi connectivity index (χ0n) is 16.4. The molecule has 2 aromatic rings. The van der Waals surface area contributed by atoms with Gasteiger partial charge in [0.2, 0.25) is 0 Å². The quantitative estimate of drug-likeness (QED) is 0.742. The molecule has 1 fully saturated rings. The molecule has 0 aliphatic carbocycles. The molecule has 3 atom stereocenters. The molecule has 27 heavy (non-hydrogen) atoms. The molecule has 4 nitrogen and oxygen atoms in total. The van der Waals surface area contributed by atoms with Crippen molar-refractivity contribution in [3.63, 3.8) is 0 Å². The Morgan fingerprint density at radius 1 is 0.963 bits per heavy atom. The average Bonchev–Trinajstić information content (AvgIpc) is 2.68. The number of rotatable bonds is 5. The second kappa shape index (κ2) is 7.18. The van der Waals surface area contributed by atoms with E-state index in [9.17, 15) is 9.59 Å². The first kappa shape index (κ1) is 19.2. The Morgan fingerprint density at radius 3 is 2.07 bits per heavy atom. The topological polar surface area (TPSA) is 46.6 Å². The molecule has 4 heteroatoms. The summed E-state index contributed by atoms with van der Waals surface area (Å²) in [6.07, 6.45) is 0.854. The molecule has 0 unspecified atom stereocenters. The molecule has 1 heterocycles. The number of amides is 1. The lowest BCUT2D eigenvalue weighted by atomic mass is 9.84. The molecule has 1 amide bonds. The summed E-state index contributed by atoms with van der Waals surface area (Å²) in [5.74, 6) is -0.488. The van der Waals surface area contributed by atoms with Crippen molar-refractivity contribution >= 4 is 11.9 Å². The summed E-state index contributed by atoms with van der Waals surface area (Å²) in [5.41, 5.74) is -0.227. The van der Waals surface area contributed by atoms with Crippen molar-refractivity contribution in [2.45, 2.75) is 57.7 Å². The maximum absolute atomic E-state index is 13.6. The number of esters is 1. The van der Waals surface area contributed by atoms with Gasteiger partial charge in [0.1, 0.15) is 5.54 Å². The smallest absolute Gasteiger partial charge is 0.332 e. The van der Waals surface area contributed by atoms with Crippen LogP contribution in [-0.4, -0.2) is 27.9 Å². The van der Waals surface area contributed by atoms with E-state index < -0.39 is 11.1 Å². The van der Waals surface area contributed by atoms with E-state index in [0.29, 0.717) is 12.8 Å². The van der Waals surface area contributed by atoms with Crippen LogP contribution in [-0.2, 0) is 20.7 Å². The molecule has 3 rings (SSSR count). The van der Waals surface area contributed by atoms with Gasteiger partial charge in [-0.3, -0.25) is 4.79 Å². The van der Waals surface area contributed by atoms with Crippen LogP contribution in [0.2, 0.25) is 0 Å². The van der Waals surface area contributed by atoms with Crippen molar-refractivity contribution in [2.75, 3.05) is 0 Å². The third kappa shape index (κ3) is 3.36. The van der Waals surface area contributed by atoms with Crippen molar-refractivity contribution in [1.29, 1.82) is 0 Å². The predicted octanol–water partition coefficient (Wildman–Crippen LogP) is 4.30. The fourth-order valence-electron chi connectivity index (χ4n) is 3.83. The van der Waals surface area contributed by atoms with Crippen molar-refractivity contribution in [3.8, 4) is 0 Å². The molecule has 0 bridgehead atoms. The lowest BCUT2D eigenvalue weighted by Gasteiger charge is -2.51. The van der Waals surface area contributed by atoms with Gasteiger partial charge >= 0.3 is 5.97 Å². The van der Waals surface area contributed by atoms with Gasteiger partial charge in [0.25, 0.3) is 5.91 Å². The third-order valence-corrected chi connectivity index (χ3v) is 5.70. The summed E-state index contributed by atoms with van der Waals surface area (Å²) in [7, 11) is 0. The van der Waals surface area contributed by atoms with Crippen LogP contribution in [0.4, 0.5) is 0 Å². The van der Waals surface area contributed by atoms with Gasteiger partial charge in [-0.05, 0) is 38.3 Å². The normalized spacial score (nSPS) is 26.6. The van der Waals surface area contributed by atoms with E-state index in [1.54, 1.807) is 18.7 Å². The summed E-state index contributed by atoms with van der Waals surface area (Å²) in [6.45, 7) is 7.41. The van der Waals surface area contributed by atoms with Crippen LogP contribution in [0.1, 0.15) is 51.3 Å². The van der Waals surface area contributed by atoms with Gasteiger partial charge in [0.05, 0.1) is 6.04 Å². The van der Waals surface area contributed by atoms with Crippen molar-refractivity contribution in [2.24, 2.45) is 0 Å². The van der Waals surface area contributed by atoms with Crippen molar-refractivity contribution in [3.05, 3.63) is 71.8 Å². The first-order valence-electron chi connectivity index (χ1n) is 9.48. The van der Waals surface area contributed by atoms with E-state index in [4.69, 9.17) is 4.74 Å². The molecule has 1 aliphatic heterocycles. The number of cyclic esters (lactones) is 1. The Balaban J connectivity index is 2.02. The first-order chi connectivity index (χ1) is 12.8. The van der Waals surface area contributed by atoms with Crippen LogP contribution in [0.25, 0.3) is 0 Å². The van der Waals surface area contributed by atoms with Gasteiger partial charge in [0, 0.05) is 6.42 Å². The maximum atomic E-state index is 13.6. The Bertz CT molecular complexity index is 820. The second-order valence-electron chi connectivity index (χ2n) is 7.67. The fraction of sp³-hybridized carbons (Fsp3) is 0.391. The minimum absolute atomic E-state index is 0.147. The number of benzene rings is 2. The van der Waals surface area contributed by atoms with E-state index >= 15 is 0 Å². The van der Waals surface area contributed by atoms with Gasteiger partial charge < -0.3 is 9.64 Å². The molecule has 1 saturated heterocycles. The second-order valence-corrected chi connectivity index (χ2v) is 7.67. The Kier molecular flexibility index (Phi) is 5.09. The van der Waals surface area contributed by atoms with Gasteiger partial charge in [-0.25, -0.2) is 4.79 Å². The summed E-state index contributed by atoms with van der Waals surface area (Å²) >= 11 is 0. The predicted molar refractivity (Wildman–Crippen MR) is 105 cm³/mol. The number of ether oxygens (including phenoxy) is 1. The Morgan fingerprint density at radius 2 is 1.52 bits per heavy atom. The van der Waals surface area contributed by atoms with Gasteiger partial charge in [-0.1, -0.05) is 67.6 Å². The standard InChI is InChI=1S/C23H27NO3/c1-5-22(3)21(26)27-23(4,16-18-12-8-6-9-13-18)20(25)24(22)17(2)19-14-10-7-11-15-19/h6-15,17H,5,16H2,1-4H3/t17-,22-,23-/m0/s1. The highest BCUT2D eigenvalue weighted by Crippen LogP contribution is 2.40. The highest BCUT2D eigenvalue weighted by molar-refractivity contribution is 5.98. The molecule has 0 saturated carbocycles. The first-order valence-corrected chi connectivity index (χ1v) is 9.48. The van der Waals surface area contributed by atoms with Crippen LogP contribution in [0.5, 0.6) is 0 Å². The van der Waals surface area contributed by atoms with Crippen LogP contribution in [0.3, 0.4) is 0 Å². The number of carbonyl (C=O) groups excluding carboxylic acids is 2. The highest BCUT2D eigenvalue weighted by atomic mass is 16.6. The highest BCUT2D eigenvalue weighted by Gasteiger charge is 2.57. The molecule has 1 aliphatic rings. The Labute approximate surface area is 161 Å². The molecular formula is C23H27NO3. The fourth-order valence-corrected chi connectivity index (χ4v) is 3.83. The van der Waals surface area contributed by atoms with Crippen LogP contribution >= 0.6 is 0 Å². The minimum atomic E-state index is -1.21. The van der Waals surface area contributed by atoms with E-state index in [2.05, 4.69) is 0 Å². The summed E-state index contributed by atoms with van der Waals surface area (Å²) in [4.78, 5) is 28.4. The Hall–Kier alpha value is -2.62. The number of morpholine rings is 1. The summed E-state index contributed by atoms with van der Waals surface area (Å²) in [6, 6.07) is 19.3. The van der Waals surface area contributed by atoms with Crippen LogP contribution in [0, 0.1) is 0 Å². The van der Waals surface area contributed by atoms with E-state index in [1.165, 1.54) is 0 Å². The van der Waals surface area contributed by atoms with E-state index in [1.807, 2.05) is 74.5 Å². The average molecular weight is 365 g/mol. The summed E-state index contributed by atoms with van der Waals surface area (Å²) in [5, 5.41) is 0. The van der Waals surface area contributed by atoms with Crippen LogP contribution in [0.15, 0.2) is 60.7 Å². The molecule has 0 radical (unpaired) electrons. The van der Waals surface area contributed by atoms with Gasteiger partial charge in [0.15, 0.2) is 5.60 Å². The third-order valence-electron chi connectivity index (χ3n) is 5.70. The van der Waals surface area contributed by atoms with E-state index in [-0.39, 0.29) is 17.9 Å². The largest absolute Gasteiger partial charge is 0.447 e.